The Hall–Kier alpha value is -1.36. The molecule has 2 aromatic rings. The molecule has 3 rings (SSSR count). The summed E-state index contributed by atoms with van der Waals surface area (Å²) in [6.07, 6.45) is 5.16. The standard InChI is InChI=1S/C15H22N4S/c1-9-5-4-6-11(7-9)17-13-12-8-10(2)20-14(12)19-15(16-3)18-13/h8-9,11H,4-7H2,1-3H3,(H2,16,17,18,19). The van der Waals surface area contributed by atoms with Crippen LogP contribution in [0.5, 0.6) is 0 Å². The van der Waals surface area contributed by atoms with Gasteiger partial charge in [-0.15, -0.1) is 11.3 Å². The van der Waals surface area contributed by atoms with Crippen molar-refractivity contribution in [2.24, 2.45) is 5.92 Å². The van der Waals surface area contributed by atoms with Gasteiger partial charge in [0.25, 0.3) is 0 Å². The molecule has 1 fully saturated rings. The van der Waals surface area contributed by atoms with E-state index in [1.165, 1.54) is 30.6 Å². The Balaban J connectivity index is 1.92. The summed E-state index contributed by atoms with van der Waals surface area (Å²) in [5.74, 6) is 2.50. The van der Waals surface area contributed by atoms with Gasteiger partial charge in [0.05, 0.1) is 5.39 Å². The summed E-state index contributed by atoms with van der Waals surface area (Å²) in [6, 6.07) is 2.73. The number of aromatic nitrogens is 2. The van der Waals surface area contributed by atoms with Crippen molar-refractivity contribution in [1.82, 2.24) is 9.97 Å². The van der Waals surface area contributed by atoms with Crippen molar-refractivity contribution in [3.05, 3.63) is 10.9 Å². The summed E-state index contributed by atoms with van der Waals surface area (Å²) in [4.78, 5) is 11.5. The van der Waals surface area contributed by atoms with Gasteiger partial charge in [-0.3, -0.25) is 0 Å². The minimum absolute atomic E-state index is 0.543. The Morgan fingerprint density at radius 3 is 2.90 bits per heavy atom. The van der Waals surface area contributed by atoms with E-state index in [0.29, 0.717) is 12.0 Å². The van der Waals surface area contributed by atoms with E-state index in [9.17, 15) is 0 Å². The molecule has 2 N–H and O–H groups in total. The van der Waals surface area contributed by atoms with Gasteiger partial charge >= 0.3 is 0 Å². The molecule has 0 saturated heterocycles. The van der Waals surface area contributed by atoms with Crippen molar-refractivity contribution in [2.45, 2.75) is 45.6 Å². The van der Waals surface area contributed by atoms with Crippen LogP contribution >= 0.6 is 11.3 Å². The molecular formula is C15H22N4S. The SMILES string of the molecule is CNc1nc(NC2CCCC(C)C2)c2cc(C)sc2n1. The highest BCUT2D eigenvalue weighted by Gasteiger charge is 2.20. The number of rotatable bonds is 3. The molecule has 0 amide bonds. The highest BCUT2D eigenvalue weighted by atomic mass is 32.1. The molecule has 1 aliphatic rings. The lowest BCUT2D eigenvalue weighted by Gasteiger charge is -2.28. The van der Waals surface area contributed by atoms with E-state index in [2.05, 4.69) is 40.5 Å². The summed E-state index contributed by atoms with van der Waals surface area (Å²) in [6.45, 7) is 4.47. The summed E-state index contributed by atoms with van der Waals surface area (Å²) in [5.41, 5.74) is 0. The molecule has 0 spiro atoms. The number of fused-ring (bicyclic) bond motifs is 1. The topological polar surface area (TPSA) is 49.8 Å². The van der Waals surface area contributed by atoms with Gasteiger partial charge in [-0.25, -0.2) is 4.98 Å². The molecule has 2 heterocycles. The molecule has 0 radical (unpaired) electrons. The first-order valence-electron chi connectivity index (χ1n) is 7.38. The lowest BCUT2D eigenvalue weighted by atomic mass is 9.87. The summed E-state index contributed by atoms with van der Waals surface area (Å²) < 4.78 is 0. The molecule has 1 aliphatic carbocycles. The highest BCUT2D eigenvalue weighted by molar-refractivity contribution is 7.18. The first-order chi connectivity index (χ1) is 9.65. The first-order valence-corrected chi connectivity index (χ1v) is 8.20. The minimum Gasteiger partial charge on any atom is -0.367 e. The average molecular weight is 290 g/mol. The van der Waals surface area contributed by atoms with Crippen LogP contribution < -0.4 is 10.6 Å². The molecule has 20 heavy (non-hydrogen) atoms. The number of hydrogen-bond acceptors (Lipinski definition) is 5. The van der Waals surface area contributed by atoms with E-state index >= 15 is 0 Å². The number of nitrogens with one attached hydrogen (secondary N) is 2. The van der Waals surface area contributed by atoms with Gasteiger partial charge in [0.1, 0.15) is 10.6 Å². The van der Waals surface area contributed by atoms with Gasteiger partial charge in [0.2, 0.25) is 5.95 Å². The molecular weight excluding hydrogens is 268 g/mol. The Morgan fingerprint density at radius 1 is 1.30 bits per heavy atom. The second kappa shape index (κ2) is 5.56. The number of thiophene rings is 1. The molecule has 0 aromatic carbocycles. The number of nitrogens with zero attached hydrogens (tertiary/aromatic N) is 2. The number of aryl methyl sites for hydroxylation is 1. The Bertz CT molecular complexity index is 607. The fourth-order valence-electron chi connectivity index (χ4n) is 3.02. The van der Waals surface area contributed by atoms with Crippen molar-refractivity contribution in [2.75, 3.05) is 17.7 Å². The van der Waals surface area contributed by atoms with Gasteiger partial charge in [-0.2, -0.15) is 4.98 Å². The molecule has 2 unspecified atom stereocenters. The first kappa shape index (κ1) is 13.6. The van der Waals surface area contributed by atoms with Crippen LogP contribution in [0.3, 0.4) is 0 Å². The molecule has 0 aliphatic heterocycles. The minimum atomic E-state index is 0.543. The van der Waals surface area contributed by atoms with E-state index in [4.69, 9.17) is 0 Å². The van der Waals surface area contributed by atoms with Crippen LogP contribution in [-0.2, 0) is 0 Å². The summed E-state index contributed by atoms with van der Waals surface area (Å²) >= 11 is 1.73. The third kappa shape index (κ3) is 2.73. The molecule has 0 bridgehead atoms. The van der Waals surface area contributed by atoms with Gasteiger partial charge in [-0.05, 0) is 31.7 Å². The van der Waals surface area contributed by atoms with E-state index in [1.54, 1.807) is 11.3 Å². The Labute approximate surface area is 124 Å². The molecule has 2 atom stereocenters. The maximum Gasteiger partial charge on any atom is 0.225 e. The van der Waals surface area contributed by atoms with Crippen LogP contribution in [0.1, 0.15) is 37.5 Å². The van der Waals surface area contributed by atoms with E-state index in [0.717, 1.165) is 22.0 Å². The number of anilines is 2. The van der Waals surface area contributed by atoms with Crippen molar-refractivity contribution < 1.29 is 0 Å². The van der Waals surface area contributed by atoms with Crippen molar-refractivity contribution in [1.29, 1.82) is 0 Å². The van der Waals surface area contributed by atoms with Crippen molar-refractivity contribution in [3.8, 4) is 0 Å². The predicted octanol–water partition coefficient (Wildman–Crippen LogP) is 4.03. The summed E-state index contributed by atoms with van der Waals surface area (Å²) in [7, 11) is 1.87. The maximum atomic E-state index is 4.63. The zero-order chi connectivity index (χ0) is 14.1. The second-order valence-corrected chi connectivity index (χ2v) is 7.07. The third-order valence-corrected chi connectivity index (χ3v) is 4.96. The van der Waals surface area contributed by atoms with Gasteiger partial charge in [0.15, 0.2) is 0 Å². The van der Waals surface area contributed by atoms with E-state index in [-0.39, 0.29) is 0 Å². The quantitative estimate of drug-likeness (QED) is 0.896. The van der Waals surface area contributed by atoms with Gasteiger partial charge in [-0.1, -0.05) is 19.8 Å². The zero-order valence-corrected chi connectivity index (χ0v) is 13.2. The lowest BCUT2D eigenvalue weighted by molar-refractivity contribution is 0.358. The van der Waals surface area contributed by atoms with Crippen molar-refractivity contribution in [3.63, 3.8) is 0 Å². The normalized spacial score (nSPS) is 22.9. The average Bonchev–Trinajstić information content (AvgIpc) is 2.79. The van der Waals surface area contributed by atoms with Crippen LogP contribution in [0.25, 0.3) is 10.2 Å². The predicted molar refractivity (Wildman–Crippen MR) is 86.7 cm³/mol. The largest absolute Gasteiger partial charge is 0.367 e. The monoisotopic (exact) mass is 290 g/mol. The molecule has 2 aromatic heterocycles. The highest BCUT2D eigenvalue weighted by Crippen LogP contribution is 2.32. The van der Waals surface area contributed by atoms with Gasteiger partial charge < -0.3 is 10.6 Å². The zero-order valence-electron chi connectivity index (χ0n) is 12.4. The van der Waals surface area contributed by atoms with Crippen LogP contribution in [-0.4, -0.2) is 23.1 Å². The third-order valence-electron chi connectivity index (χ3n) is 4.02. The fraction of sp³-hybridized carbons (Fsp3) is 0.600. The van der Waals surface area contributed by atoms with E-state index < -0.39 is 0 Å². The van der Waals surface area contributed by atoms with Gasteiger partial charge in [0, 0.05) is 18.0 Å². The number of hydrogen-bond donors (Lipinski definition) is 2. The fourth-order valence-corrected chi connectivity index (χ4v) is 3.90. The van der Waals surface area contributed by atoms with E-state index in [1.807, 2.05) is 7.05 Å². The molecule has 4 nitrogen and oxygen atoms in total. The molecule has 108 valence electrons. The lowest BCUT2D eigenvalue weighted by Crippen LogP contribution is -2.26. The smallest absolute Gasteiger partial charge is 0.225 e. The maximum absolute atomic E-state index is 4.63. The second-order valence-electron chi connectivity index (χ2n) is 5.83. The van der Waals surface area contributed by atoms with Crippen molar-refractivity contribution >= 4 is 33.3 Å². The Kier molecular flexibility index (Phi) is 3.78. The molecule has 5 heteroatoms. The van der Waals surface area contributed by atoms with Crippen LogP contribution in [0.15, 0.2) is 6.07 Å². The molecule has 1 saturated carbocycles. The van der Waals surface area contributed by atoms with Crippen LogP contribution in [0.2, 0.25) is 0 Å². The Morgan fingerprint density at radius 2 is 2.15 bits per heavy atom. The van der Waals surface area contributed by atoms with Crippen LogP contribution in [0, 0.1) is 12.8 Å². The summed E-state index contributed by atoms with van der Waals surface area (Å²) in [5, 5.41) is 7.87. The van der Waals surface area contributed by atoms with Crippen LogP contribution in [0.4, 0.5) is 11.8 Å².